The van der Waals surface area contributed by atoms with Crippen molar-refractivity contribution in [2.45, 2.75) is 24.2 Å². The molecule has 2 aromatic heterocycles. The number of hydrogen-bond acceptors (Lipinski definition) is 6. The van der Waals surface area contributed by atoms with Gasteiger partial charge in [0.25, 0.3) is 10.0 Å². The molecule has 0 amide bonds. The number of aliphatic carboxylic acids is 1. The van der Waals surface area contributed by atoms with Gasteiger partial charge in [-0.1, -0.05) is 22.9 Å². The number of rotatable bonds is 6. The lowest BCUT2D eigenvalue weighted by molar-refractivity contribution is -0.137. The standard InChI is InChI=1S/C19H16ClN3O4S2/c20-12-4-7-16-11(8-12)9-13(2-1-3-18(24)25)23(16)29(26,27)14-5-6-15-17(10-14)28-19(21)22-15/h4-10H,1-3H2,(H2,21,22)(H,24,25). The van der Waals surface area contributed by atoms with Gasteiger partial charge in [0.2, 0.25) is 0 Å². The van der Waals surface area contributed by atoms with Crippen molar-refractivity contribution < 1.29 is 18.3 Å². The van der Waals surface area contributed by atoms with Crippen LogP contribution in [-0.2, 0) is 21.2 Å². The third-order valence-corrected chi connectivity index (χ3v) is 7.37. The van der Waals surface area contributed by atoms with Crippen molar-refractivity contribution in [1.82, 2.24) is 8.96 Å². The van der Waals surface area contributed by atoms with Crippen molar-refractivity contribution in [2.75, 3.05) is 5.73 Å². The van der Waals surface area contributed by atoms with Crippen LogP contribution in [0.2, 0.25) is 5.02 Å². The van der Waals surface area contributed by atoms with Crippen LogP contribution in [0.1, 0.15) is 18.5 Å². The summed E-state index contributed by atoms with van der Waals surface area (Å²) in [7, 11) is -3.93. The molecule has 0 unspecified atom stereocenters. The van der Waals surface area contributed by atoms with Crippen LogP contribution in [-0.4, -0.2) is 28.5 Å². The Hall–Kier alpha value is -2.62. The van der Waals surface area contributed by atoms with Gasteiger partial charge in [0.15, 0.2) is 5.13 Å². The largest absolute Gasteiger partial charge is 0.481 e. The Labute approximate surface area is 175 Å². The van der Waals surface area contributed by atoms with Gasteiger partial charge in [-0.15, -0.1) is 0 Å². The van der Waals surface area contributed by atoms with Gasteiger partial charge in [0.05, 0.1) is 20.6 Å². The van der Waals surface area contributed by atoms with Crippen molar-refractivity contribution in [3.8, 4) is 0 Å². The molecular weight excluding hydrogens is 434 g/mol. The average Bonchev–Trinajstić information content (AvgIpc) is 3.19. The second-order valence-electron chi connectivity index (χ2n) is 6.54. The minimum absolute atomic E-state index is 0.0472. The predicted molar refractivity (Wildman–Crippen MR) is 114 cm³/mol. The van der Waals surface area contributed by atoms with E-state index < -0.39 is 16.0 Å². The molecule has 0 saturated carbocycles. The molecule has 2 aromatic carbocycles. The number of benzene rings is 2. The molecule has 4 aromatic rings. The van der Waals surface area contributed by atoms with E-state index in [4.69, 9.17) is 22.4 Å². The monoisotopic (exact) mass is 449 g/mol. The van der Waals surface area contributed by atoms with E-state index in [9.17, 15) is 13.2 Å². The summed E-state index contributed by atoms with van der Waals surface area (Å²) in [5.74, 6) is -0.924. The van der Waals surface area contributed by atoms with E-state index in [2.05, 4.69) is 4.98 Å². The number of nitrogens with two attached hydrogens (primary N) is 1. The summed E-state index contributed by atoms with van der Waals surface area (Å²) in [6.07, 6.45) is 0.571. The second kappa shape index (κ2) is 7.33. The van der Waals surface area contributed by atoms with Crippen LogP contribution < -0.4 is 5.73 Å². The zero-order valence-corrected chi connectivity index (χ0v) is 17.4. The maximum atomic E-state index is 13.5. The third-order valence-electron chi connectivity index (χ3n) is 4.53. The highest BCUT2D eigenvalue weighted by Gasteiger charge is 2.24. The van der Waals surface area contributed by atoms with Crippen LogP contribution in [0, 0.1) is 0 Å². The first-order valence-corrected chi connectivity index (χ1v) is 11.3. The molecule has 10 heteroatoms. The molecule has 2 heterocycles. The van der Waals surface area contributed by atoms with Crippen LogP contribution in [0.25, 0.3) is 21.1 Å². The molecule has 0 aliphatic rings. The first-order chi connectivity index (χ1) is 13.8. The number of thiazole rings is 1. The molecule has 4 rings (SSSR count). The molecule has 0 atom stereocenters. The molecule has 0 bridgehead atoms. The van der Waals surface area contributed by atoms with Crippen LogP contribution in [0.15, 0.2) is 47.4 Å². The summed E-state index contributed by atoms with van der Waals surface area (Å²) in [6.45, 7) is 0. The minimum atomic E-state index is -3.93. The van der Waals surface area contributed by atoms with Crippen molar-refractivity contribution in [2.24, 2.45) is 0 Å². The zero-order chi connectivity index (χ0) is 20.8. The van der Waals surface area contributed by atoms with Gasteiger partial charge >= 0.3 is 5.97 Å². The summed E-state index contributed by atoms with van der Waals surface area (Å²) in [4.78, 5) is 15.1. The topological polar surface area (TPSA) is 115 Å². The van der Waals surface area contributed by atoms with Gasteiger partial charge in [-0.25, -0.2) is 17.4 Å². The molecule has 29 heavy (non-hydrogen) atoms. The average molecular weight is 450 g/mol. The number of aryl methyl sites for hydroxylation is 1. The van der Waals surface area contributed by atoms with E-state index in [0.29, 0.717) is 49.8 Å². The Morgan fingerprint density at radius 2 is 2.00 bits per heavy atom. The van der Waals surface area contributed by atoms with E-state index in [1.807, 2.05) is 0 Å². The molecule has 0 aliphatic carbocycles. The number of nitrogens with zero attached hydrogens (tertiary/aromatic N) is 2. The highest BCUT2D eigenvalue weighted by Crippen LogP contribution is 2.31. The number of carbonyl (C=O) groups is 1. The third kappa shape index (κ3) is 3.68. The number of hydrogen-bond donors (Lipinski definition) is 2. The summed E-state index contributed by atoms with van der Waals surface area (Å²) in [6, 6.07) is 11.4. The number of aromatic nitrogens is 2. The Balaban J connectivity index is 1.87. The highest BCUT2D eigenvalue weighted by molar-refractivity contribution is 7.90. The zero-order valence-electron chi connectivity index (χ0n) is 15.0. The summed E-state index contributed by atoms with van der Waals surface area (Å²) < 4.78 is 29.0. The number of carboxylic acid groups (broad SMARTS) is 1. The lowest BCUT2D eigenvalue weighted by Gasteiger charge is -2.12. The maximum absolute atomic E-state index is 13.5. The second-order valence-corrected chi connectivity index (χ2v) is 9.82. The maximum Gasteiger partial charge on any atom is 0.303 e. The number of halogens is 1. The van der Waals surface area contributed by atoms with Gasteiger partial charge in [0.1, 0.15) is 0 Å². The fourth-order valence-electron chi connectivity index (χ4n) is 3.29. The molecule has 0 spiro atoms. The normalized spacial score (nSPS) is 12.0. The van der Waals surface area contributed by atoms with Gasteiger partial charge in [-0.3, -0.25) is 4.79 Å². The van der Waals surface area contributed by atoms with Gasteiger partial charge < -0.3 is 10.8 Å². The molecule has 0 radical (unpaired) electrons. The van der Waals surface area contributed by atoms with E-state index in [0.717, 1.165) is 0 Å². The van der Waals surface area contributed by atoms with Crippen molar-refractivity contribution in [1.29, 1.82) is 0 Å². The summed E-state index contributed by atoms with van der Waals surface area (Å²) in [5.41, 5.74) is 7.36. The fourth-order valence-corrected chi connectivity index (χ4v) is 5.91. The minimum Gasteiger partial charge on any atom is -0.481 e. The van der Waals surface area contributed by atoms with Crippen LogP contribution in [0.4, 0.5) is 5.13 Å². The van der Waals surface area contributed by atoms with Gasteiger partial charge in [0, 0.05) is 22.5 Å². The molecule has 7 nitrogen and oxygen atoms in total. The lowest BCUT2D eigenvalue weighted by Crippen LogP contribution is -2.16. The number of nitrogen functional groups attached to an aromatic ring is 1. The van der Waals surface area contributed by atoms with E-state index in [-0.39, 0.29) is 11.3 Å². The smallest absolute Gasteiger partial charge is 0.303 e. The van der Waals surface area contributed by atoms with Crippen LogP contribution in [0.3, 0.4) is 0 Å². The Morgan fingerprint density at radius 3 is 2.76 bits per heavy atom. The molecule has 150 valence electrons. The Morgan fingerprint density at radius 1 is 1.21 bits per heavy atom. The van der Waals surface area contributed by atoms with Crippen molar-refractivity contribution >= 4 is 65.2 Å². The number of fused-ring (bicyclic) bond motifs is 2. The fraction of sp³-hybridized carbons (Fsp3) is 0.158. The first kappa shape index (κ1) is 19.7. The van der Waals surface area contributed by atoms with Crippen LogP contribution >= 0.6 is 22.9 Å². The molecule has 0 saturated heterocycles. The quantitative estimate of drug-likeness (QED) is 0.457. The highest BCUT2D eigenvalue weighted by atomic mass is 35.5. The number of carboxylic acids is 1. The van der Waals surface area contributed by atoms with Gasteiger partial charge in [-0.2, -0.15) is 0 Å². The predicted octanol–water partition coefficient (Wildman–Crippen LogP) is 4.13. The van der Waals surface area contributed by atoms with E-state index >= 15 is 0 Å². The van der Waals surface area contributed by atoms with E-state index in [1.165, 1.54) is 21.4 Å². The Kier molecular flexibility index (Phi) is 4.97. The van der Waals surface area contributed by atoms with Crippen LogP contribution in [0.5, 0.6) is 0 Å². The first-order valence-electron chi connectivity index (χ1n) is 8.69. The SMILES string of the molecule is Nc1nc2ccc(S(=O)(=O)n3c(CCCC(=O)O)cc4cc(Cl)ccc43)cc2s1. The van der Waals surface area contributed by atoms with Gasteiger partial charge in [-0.05, 0) is 55.3 Å². The molecule has 0 fully saturated rings. The molecular formula is C19H16ClN3O4S2. The summed E-state index contributed by atoms with van der Waals surface area (Å²) in [5, 5.41) is 10.5. The molecule has 3 N–H and O–H groups in total. The van der Waals surface area contributed by atoms with E-state index in [1.54, 1.807) is 36.4 Å². The van der Waals surface area contributed by atoms with Crippen molar-refractivity contribution in [3.05, 3.63) is 53.2 Å². The summed E-state index contributed by atoms with van der Waals surface area (Å²) >= 11 is 7.29. The molecule has 0 aliphatic heterocycles. The Bertz CT molecular complexity index is 1360. The lowest BCUT2D eigenvalue weighted by atomic mass is 10.2. The number of anilines is 1. The van der Waals surface area contributed by atoms with Crippen molar-refractivity contribution in [3.63, 3.8) is 0 Å².